The van der Waals surface area contributed by atoms with E-state index in [0.29, 0.717) is 10.6 Å². The zero-order valence-corrected chi connectivity index (χ0v) is 9.84. The van der Waals surface area contributed by atoms with Gasteiger partial charge in [0, 0.05) is 16.6 Å². The lowest BCUT2D eigenvalue weighted by Gasteiger charge is -2.12. The van der Waals surface area contributed by atoms with Crippen LogP contribution >= 0.6 is 11.6 Å². The van der Waals surface area contributed by atoms with Crippen molar-refractivity contribution in [2.24, 2.45) is 0 Å². The van der Waals surface area contributed by atoms with Crippen LogP contribution < -0.4 is 5.32 Å². The fourth-order valence-corrected chi connectivity index (χ4v) is 1.54. The third kappa shape index (κ3) is 3.92. The van der Waals surface area contributed by atoms with Gasteiger partial charge >= 0.3 is 0 Å². The molecule has 0 spiro atoms. The Morgan fingerprint density at radius 1 is 1.40 bits per heavy atom. The van der Waals surface area contributed by atoms with E-state index in [4.69, 9.17) is 11.6 Å². The highest BCUT2D eigenvalue weighted by Gasteiger charge is 2.08. The average Bonchev–Trinajstić information content (AvgIpc) is 2.18. The van der Waals surface area contributed by atoms with Gasteiger partial charge in [-0.15, -0.1) is 0 Å². The second-order valence-corrected chi connectivity index (χ2v) is 4.11. The largest absolute Gasteiger partial charge is 0.350 e. The van der Waals surface area contributed by atoms with Crippen molar-refractivity contribution < 1.29 is 4.79 Å². The van der Waals surface area contributed by atoms with Crippen molar-refractivity contribution in [2.45, 2.75) is 32.7 Å². The van der Waals surface area contributed by atoms with E-state index in [-0.39, 0.29) is 11.9 Å². The van der Waals surface area contributed by atoms with Crippen molar-refractivity contribution in [3.63, 3.8) is 0 Å². The summed E-state index contributed by atoms with van der Waals surface area (Å²) in [5.74, 6) is -0.0346. The normalized spacial score (nSPS) is 12.2. The lowest BCUT2D eigenvalue weighted by Crippen LogP contribution is -2.32. The molecular formula is C12H16ClNO. The van der Waals surface area contributed by atoms with Gasteiger partial charge in [-0.1, -0.05) is 24.9 Å². The van der Waals surface area contributed by atoms with Crippen LogP contribution in [0.5, 0.6) is 0 Å². The predicted molar refractivity (Wildman–Crippen MR) is 63.3 cm³/mol. The first-order chi connectivity index (χ1) is 7.13. The number of rotatable bonds is 4. The van der Waals surface area contributed by atoms with Gasteiger partial charge in [0.05, 0.1) is 0 Å². The predicted octanol–water partition coefficient (Wildman–Crippen LogP) is 3.26. The minimum absolute atomic E-state index is 0.0346. The van der Waals surface area contributed by atoms with Crippen molar-refractivity contribution in [1.82, 2.24) is 5.32 Å². The number of carbonyl (C=O) groups excluding carboxylic acids is 1. The van der Waals surface area contributed by atoms with Crippen LogP contribution in [0, 0.1) is 0 Å². The van der Waals surface area contributed by atoms with Crippen molar-refractivity contribution in [2.75, 3.05) is 0 Å². The van der Waals surface area contributed by atoms with Gasteiger partial charge in [0.1, 0.15) is 0 Å². The Morgan fingerprint density at radius 3 is 2.53 bits per heavy atom. The summed E-state index contributed by atoms with van der Waals surface area (Å²) in [7, 11) is 0. The molecule has 1 aromatic carbocycles. The number of halogens is 1. The van der Waals surface area contributed by atoms with Gasteiger partial charge in [-0.2, -0.15) is 0 Å². The molecule has 82 valence electrons. The standard InChI is InChI=1S/C12H16ClNO/c1-3-4-9(2)14-12(15)10-5-7-11(13)8-6-10/h5-9H,3-4H2,1-2H3,(H,14,15). The summed E-state index contributed by atoms with van der Waals surface area (Å²) in [5.41, 5.74) is 0.655. The summed E-state index contributed by atoms with van der Waals surface area (Å²) in [4.78, 5) is 11.7. The first-order valence-corrected chi connectivity index (χ1v) is 5.57. The molecule has 2 nitrogen and oxygen atoms in total. The number of benzene rings is 1. The summed E-state index contributed by atoms with van der Waals surface area (Å²) < 4.78 is 0. The molecule has 1 atom stereocenters. The van der Waals surface area contributed by atoms with E-state index in [9.17, 15) is 4.79 Å². The molecular weight excluding hydrogens is 210 g/mol. The number of carbonyl (C=O) groups is 1. The lowest BCUT2D eigenvalue weighted by molar-refractivity contribution is 0.0938. The molecule has 0 bridgehead atoms. The van der Waals surface area contributed by atoms with Crippen LogP contribution in [0.1, 0.15) is 37.0 Å². The Bertz CT molecular complexity index is 321. The molecule has 0 aliphatic rings. The molecule has 1 aromatic rings. The van der Waals surface area contributed by atoms with Crippen LogP contribution in [0.25, 0.3) is 0 Å². The van der Waals surface area contributed by atoms with Crippen molar-refractivity contribution in [3.8, 4) is 0 Å². The van der Waals surface area contributed by atoms with E-state index < -0.39 is 0 Å². The Kier molecular flexibility index (Phi) is 4.63. The highest BCUT2D eigenvalue weighted by Crippen LogP contribution is 2.09. The lowest BCUT2D eigenvalue weighted by atomic mass is 10.1. The van der Waals surface area contributed by atoms with Crippen molar-refractivity contribution >= 4 is 17.5 Å². The highest BCUT2D eigenvalue weighted by atomic mass is 35.5. The molecule has 1 unspecified atom stereocenters. The number of amides is 1. The van der Waals surface area contributed by atoms with E-state index in [1.54, 1.807) is 24.3 Å². The molecule has 0 heterocycles. The van der Waals surface area contributed by atoms with Crippen LogP contribution in [0.4, 0.5) is 0 Å². The summed E-state index contributed by atoms with van der Waals surface area (Å²) in [6.45, 7) is 4.11. The second-order valence-electron chi connectivity index (χ2n) is 3.67. The van der Waals surface area contributed by atoms with E-state index >= 15 is 0 Å². The van der Waals surface area contributed by atoms with Crippen LogP contribution in [-0.2, 0) is 0 Å². The maximum atomic E-state index is 11.7. The third-order valence-electron chi connectivity index (χ3n) is 2.21. The van der Waals surface area contributed by atoms with Crippen LogP contribution in [0.2, 0.25) is 5.02 Å². The number of nitrogens with one attached hydrogen (secondary N) is 1. The molecule has 15 heavy (non-hydrogen) atoms. The second kappa shape index (κ2) is 5.76. The smallest absolute Gasteiger partial charge is 0.251 e. The molecule has 3 heteroatoms. The first kappa shape index (κ1) is 12.1. The number of hydrogen-bond acceptors (Lipinski definition) is 1. The average molecular weight is 226 g/mol. The first-order valence-electron chi connectivity index (χ1n) is 5.20. The molecule has 0 saturated carbocycles. The Labute approximate surface area is 95.6 Å². The van der Waals surface area contributed by atoms with Crippen molar-refractivity contribution in [3.05, 3.63) is 34.9 Å². The third-order valence-corrected chi connectivity index (χ3v) is 2.46. The quantitative estimate of drug-likeness (QED) is 0.838. The molecule has 0 fully saturated rings. The molecule has 0 aromatic heterocycles. The summed E-state index contributed by atoms with van der Waals surface area (Å²) in [6, 6.07) is 7.13. The highest BCUT2D eigenvalue weighted by molar-refractivity contribution is 6.30. The molecule has 1 rings (SSSR count). The maximum absolute atomic E-state index is 11.7. The zero-order valence-electron chi connectivity index (χ0n) is 9.09. The molecule has 0 aliphatic carbocycles. The Hall–Kier alpha value is -1.02. The van der Waals surface area contributed by atoms with Gasteiger partial charge in [0.2, 0.25) is 0 Å². The van der Waals surface area contributed by atoms with Crippen LogP contribution in [0.3, 0.4) is 0 Å². The topological polar surface area (TPSA) is 29.1 Å². The van der Waals surface area contributed by atoms with Gasteiger partial charge < -0.3 is 5.32 Å². The summed E-state index contributed by atoms with van der Waals surface area (Å²) >= 11 is 5.74. The molecule has 0 aliphatic heterocycles. The van der Waals surface area contributed by atoms with E-state index in [1.807, 2.05) is 6.92 Å². The molecule has 1 N–H and O–H groups in total. The van der Waals surface area contributed by atoms with Gasteiger partial charge in [0.15, 0.2) is 0 Å². The fourth-order valence-electron chi connectivity index (χ4n) is 1.41. The minimum Gasteiger partial charge on any atom is -0.350 e. The zero-order chi connectivity index (χ0) is 11.3. The maximum Gasteiger partial charge on any atom is 0.251 e. The Balaban J connectivity index is 2.57. The number of hydrogen-bond donors (Lipinski definition) is 1. The fraction of sp³-hybridized carbons (Fsp3) is 0.417. The van der Waals surface area contributed by atoms with Gasteiger partial charge in [-0.25, -0.2) is 0 Å². The summed E-state index contributed by atoms with van der Waals surface area (Å²) in [6.07, 6.45) is 2.07. The molecule has 0 radical (unpaired) electrons. The minimum atomic E-state index is -0.0346. The van der Waals surface area contributed by atoms with Crippen LogP contribution in [0.15, 0.2) is 24.3 Å². The van der Waals surface area contributed by atoms with E-state index in [2.05, 4.69) is 12.2 Å². The van der Waals surface area contributed by atoms with E-state index in [1.165, 1.54) is 0 Å². The Morgan fingerprint density at radius 2 is 2.00 bits per heavy atom. The molecule has 0 saturated heterocycles. The van der Waals surface area contributed by atoms with Crippen LogP contribution in [-0.4, -0.2) is 11.9 Å². The van der Waals surface area contributed by atoms with E-state index in [0.717, 1.165) is 12.8 Å². The van der Waals surface area contributed by atoms with Gasteiger partial charge in [-0.05, 0) is 37.6 Å². The monoisotopic (exact) mass is 225 g/mol. The van der Waals surface area contributed by atoms with Gasteiger partial charge in [-0.3, -0.25) is 4.79 Å². The SMILES string of the molecule is CCCC(C)NC(=O)c1ccc(Cl)cc1. The van der Waals surface area contributed by atoms with Gasteiger partial charge in [0.25, 0.3) is 5.91 Å². The van der Waals surface area contributed by atoms with Crippen molar-refractivity contribution in [1.29, 1.82) is 0 Å². The molecule has 1 amide bonds. The summed E-state index contributed by atoms with van der Waals surface area (Å²) in [5, 5.41) is 3.58.